The van der Waals surface area contributed by atoms with Gasteiger partial charge >= 0.3 is 0 Å². The number of unbranched alkanes of at least 4 members (excludes halogenated alkanes) is 4. The number of ether oxygens (including phenoxy) is 2. The maximum Gasteiger partial charge on any atom is 0.247 e. The van der Waals surface area contributed by atoms with Gasteiger partial charge in [0.1, 0.15) is 12.2 Å². The fourth-order valence-corrected chi connectivity index (χ4v) is 5.48. The van der Waals surface area contributed by atoms with Crippen molar-refractivity contribution in [3.8, 4) is 11.5 Å². The van der Waals surface area contributed by atoms with Crippen LogP contribution in [-0.2, 0) is 16.2 Å². The molecule has 4 atom stereocenters. The zero-order valence-electron chi connectivity index (χ0n) is 23.8. The van der Waals surface area contributed by atoms with Crippen molar-refractivity contribution >= 4 is 11.8 Å². The molecule has 2 aliphatic rings. The number of rotatable bonds is 15. The average molecular weight is 547 g/mol. The number of amides is 2. The van der Waals surface area contributed by atoms with E-state index in [-0.39, 0.29) is 25.7 Å². The van der Waals surface area contributed by atoms with E-state index in [1.807, 2.05) is 0 Å². The summed E-state index contributed by atoms with van der Waals surface area (Å²) in [6.07, 6.45) is 6.04. The first-order valence-corrected chi connectivity index (χ1v) is 14.3. The minimum Gasteiger partial charge on any atom is -0.493 e. The summed E-state index contributed by atoms with van der Waals surface area (Å²) >= 11 is 0. The molecule has 2 amide bonds. The van der Waals surface area contributed by atoms with Crippen LogP contribution in [-0.4, -0.2) is 77.1 Å². The van der Waals surface area contributed by atoms with Crippen LogP contribution in [0.3, 0.4) is 0 Å². The number of fused-ring (bicyclic) bond motifs is 3. The van der Waals surface area contributed by atoms with Gasteiger partial charge in [0.05, 0.1) is 32.3 Å². The predicted octanol–water partition coefficient (Wildman–Crippen LogP) is 3.05. The van der Waals surface area contributed by atoms with Crippen molar-refractivity contribution in [2.75, 3.05) is 26.8 Å². The smallest absolute Gasteiger partial charge is 0.247 e. The van der Waals surface area contributed by atoms with Gasteiger partial charge in [0, 0.05) is 30.6 Å². The van der Waals surface area contributed by atoms with Crippen molar-refractivity contribution < 1.29 is 34.4 Å². The Morgan fingerprint density at radius 1 is 1.15 bits per heavy atom. The molecule has 0 saturated heterocycles. The highest BCUT2D eigenvalue weighted by atomic mass is 16.5. The number of aliphatic hydroxyl groups excluding tert-OH is 3. The third-order valence-corrected chi connectivity index (χ3v) is 7.62. The second kappa shape index (κ2) is 14.7. The molecule has 0 fully saturated rings. The van der Waals surface area contributed by atoms with Gasteiger partial charge in [-0.05, 0) is 42.5 Å². The molecule has 1 heterocycles. The molecule has 4 unspecified atom stereocenters. The van der Waals surface area contributed by atoms with Crippen molar-refractivity contribution in [3.05, 3.63) is 34.9 Å². The summed E-state index contributed by atoms with van der Waals surface area (Å²) in [7, 11) is 1.50. The Hall–Kier alpha value is -2.62. The second-order valence-electron chi connectivity index (χ2n) is 11.0. The molecular weight excluding hydrogens is 500 g/mol. The van der Waals surface area contributed by atoms with Gasteiger partial charge in [-0.2, -0.15) is 0 Å². The topological polar surface area (TPSA) is 129 Å². The number of methoxy groups -OCH3 is 1. The van der Waals surface area contributed by atoms with Crippen LogP contribution in [0.4, 0.5) is 0 Å². The summed E-state index contributed by atoms with van der Waals surface area (Å²) in [5, 5.41) is 33.5. The van der Waals surface area contributed by atoms with Crippen LogP contribution in [0.15, 0.2) is 23.8 Å². The predicted molar refractivity (Wildman–Crippen MR) is 149 cm³/mol. The lowest BCUT2D eigenvalue weighted by atomic mass is 9.77. The Kier molecular flexibility index (Phi) is 11.6. The molecule has 1 aliphatic heterocycles. The van der Waals surface area contributed by atoms with Crippen LogP contribution in [0, 0.1) is 5.92 Å². The SMILES string of the molecule is CCCCCCCC(=O)N(CCC(C)C)C1C=C(C(=O)NCCO)C2c3cc(CO)cc(OC)c3OC2C1O. The standard InChI is InChI=1S/C30H46N2O7/c1-5-6-7-8-9-10-25(35)32(13-11-19(2)3)23-17-22(30(37)31-12-14-33)26-21-15-20(18-34)16-24(38-4)28(21)39-29(26)27(23)36/h15-17,19,23,26-27,29,33-34,36H,5-14,18H2,1-4H3,(H,31,37). The summed E-state index contributed by atoms with van der Waals surface area (Å²) < 4.78 is 11.8. The molecule has 9 nitrogen and oxygen atoms in total. The van der Waals surface area contributed by atoms with Gasteiger partial charge < -0.3 is 35.0 Å². The van der Waals surface area contributed by atoms with Crippen LogP contribution in [0.1, 0.15) is 82.8 Å². The quantitative estimate of drug-likeness (QED) is 0.249. The summed E-state index contributed by atoms with van der Waals surface area (Å²) in [6.45, 7) is 6.42. The van der Waals surface area contributed by atoms with Crippen molar-refractivity contribution in [1.29, 1.82) is 0 Å². The van der Waals surface area contributed by atoms with E-state index in [2.05, 4.69) is 26.1 Å². The fourth-order valence-electron chi connectivity index (χ4n) is 5.48. The summed E-state index contributed by atoms with van der Waals surface area (Å²) in [4.78, 5) is 28.6. The second-order valence-corrected chi connectivity index (χ2v) is 11.0. The molecule has 3 rings (SSSR count). The number of nitrogens with one attached hydrogen (secondary N) is 1. The Labute approximate surface area is 232 Å². The molecule has 9 heteroatoms. The number of carbonyl (C=O) groups excluding carboxylic acids is 2. The summed E-state index contributed by atoms with van der Waals surface area (Å²) in [6, 6.07) is 2.69. The highest BCUT2D eigenvalue weighted by molar-refractivity contribution is 5.96. The maximum absolute atomic E-state index is 13.5. The van der Waals surface area contributed by atoms with E-state index in [1.165, 1.54) is 7.11 Å². The van der Waals surface area contributed by atoms with Gasteiger partial charge in [0.15, 0.2) is 11.5 Å². The van der Waals surface area contributed by atoms with E-state index in [1.54, 1.807) is 23.1 Å². The molecule has 1 aliphatic carbocycles. The molecule has 0 aromatic heterocycles. The van der Waals surface area contributed by atoms with E-state index in [0.717, 1.165) is 38.5 Å². The normalized spacial score (nSPS) is 21.6. The fraction of sp³-hybridized carbons (Fsp3) is 0.667. The Balaban J connectivity index is 2.00. The van der Waals surface area contributed by atoms with Gasteiger partial charge in [-0.25, -0.2) is 0 Å². The van der Waals surface area contributed by atoms with E-state index in [0.29, 0.717) is 47.1 Å². The van der Waals surface area contributed by atoms with Gasteiger partial charge in [0.2, 0.25) is 11.8 Å². The van der Waals surface area contributed by atoms with Gasteiger partial charge in [-0.15, -0.1) is 0 Å². The lowest BCUT2D eigenvalue weighted by Gasteiger charge is -2.41. The molecule has 39 heavy (non-hydrogen) atoms. The van der Waals surface area contributed by atoms with Crippen molar-refractivity contribution in [2.45, 2.75) is 96.5 Å². The third-order valence-electron chi connectivity index (χ3n) is 7.62. The van der Waals surface area contributed by atoms with Gasteiger partial charge in [0.25, 0.3) is 0 Å². The zero-order valence-corrected chi connectivity index (χ0v) is 23.8. The van der Waals surface area contributed by atoms with E-state index < -0.39 is 30.1 Å². The summed E-state index contributed by atoms with van der Waals surface area (Å²) in [5.74, 6) is 0.114. The van der Waals surface area contributed by atoms with Gasteiger partial charge in [-0.3, -0.25) is 9.59 Å². The van der Waals surface area contributed by atoms with Crippen LogP contribution >= 0.6 is 0 Å². The van der Waals surface area contributed by atoms with E-state index in [4.69, 9.17) is 9.47 Å². The number of hydrogen-bond donors (Lipinski definition) is 4. The molecule has 218 valence electrons. The maximum atomic E-state index is 13.5. The van der Waals surface area contributed by atoms with E-state index in [9.17, 15) is 24.9 Å². The zero-order chi connectivity index (χ0) is 28.5. The molecule has 0 bridgehead atoms. The molecule has 0 saturated carbocycles. The third kappa shape index (κ3) is 7.32. The number of benzene rings is 1. The highest BCUT2D eigenvalue weighted by Gasteiger charge is 2.51. The molecule has 0 spiro atoms. The van der Waals surface area contributed by atoms with E-state index >= 15 is 0 Å². The Morgan fingerprint density at radius 3 is 2.54 bits per heavy atom. The first-order chi connectivity index (χ1) is 18.8. The average Bonchev–Trinajstić information content (AvgIpc) is 3.32. The number of hydrogen-bond acceptors (Lipinski definition) is 7. The first kappa shape index (κ1) is 30.9. The lowest BCUT2D eigenvalue weighted by Crippen LogP contribution is -2.56. The Bertz CT molecular complexity index is 1010. The Morgan fingerprint density at radius 2 is 1.90 bits per heavy atom. The van der Waals surface area contributed by atoms with Crippen molar-refractivity contribution in [2.24, 2.45) is 5.92 Å². The summed E-state index contributed by atoms with van der Waals surface area (Å²) in [5.41, 5.74) is 1.60. The highest BCUT2D eigenvalue weighted by Crippen LogP contribution is 2.51. The van der Waals surface area contributed by atoms with Gasteiger partial charge in [-0.1, -0.05) is 46.5 Å². The molecule has 1 aromatic carbocycles. The largest absolute Gasteiger partial charge is 0.493 e. The molecular formula is C30H46N2O7. The van der Waals surface area contributed by atoms with Crippen LogP contribution < -0.4 is 14.8 Å². The number of aliphatic hydroxyl groups is 3. The van der Waals surface area contributed by atoms with Crippen LogP contribution in [0.2, 0.25) is 0 Å². The number of carbonyl (C=O) groups is 2. The monoisotopic (exact) mass is 546 g/mol. The first-order valence-electron chi connectivity index (χ1n) is 14.3. The lowest BCUT2D eigenvalue weighted by molar-refractivity contribution is -0.137. The van der Waals surface area contributed by atoms with Crippen LogP contribution in [0.25, 0.3) is 0 Å². The molecule has 0 radical (unpaired) electrons. The van der Waals surface area contributed by atoms with Crippen molar-refractivity contribution in [1.82, 2.24) is 10.2 Å². The molecule has 1 aromatic rings. The number of nitrogens with zero attached hydrogens (tertiary/aromatic N) is 1. The molecule has 4 N–H and O–H groups in total. The minimum absolute atomic E-state index is 0.0447. The van der Waals surface area contributed by atoms with Crippen LogP contribution in [0.5, 0.6) is 11.5 Å². The van der Waals surface area contributed by atoms with Crippen molar-refractivity contribution in [3.63, 3.8) is 0 Å². The minimum atomic E-state index is -1.09.